The summed E-state index contributed by atoms with van der Waals surface area (Å²) in [5.41, 5.74) is 8.68. The van der Waals surface area contributed by atoms with Gasteiger partial charge in [0.1, 0.15) is 34.7 Å². The van der Waals surface area contributed by atoms with Gasteiger partial charge in [0, 0.05) is 36.3 Å². The van der Waals surface area contributed by atoms with Crippen LogP contribution in [0.4, 0.5) is 11.6 Å². The lowest BCUT2D eigenvalue weighted by Gasteiger charge is -2.33. The van der Waals surface area contributed by atoms with Crippen LogP contribution in [0.5, 0.6) is 0 Å². The number of fused-ring (bicyclic) bond motifs is 1. The molecular weight excluding hydrogens is 458 g/mol. The third kappa shape index (κ3) is 4.35. The molecule has 3 aromatic heterocycles. The molecule has 4 aromatic rings. The Morgan fingerprint density at radius 1 is 1.14 bits per heavy atom. The first-order valence-corrected chi connectivity index (χ1v) is 11.3. The predicted molar refractivity (Wildman–Crippen MR) is 134 cm³/mol. The van der Waals surface area contributed by atoms with Gasteiger partial charge in [-0.1, -0.05) is 24.1 Å². The molecule has 1 aliphatic heterocycles. The number of ether oxygens (including phenoxy) is 1. The number of nitrogens with zero attached hydrogens (tertiary/aromatic N) is 5. The lowest BCUT2D eigenvalue weighted by atomic mass is 10.1. The molecular formula is C26H23N7O3. The number of nitrogens with one attached hydrogen (secondary N) is 1. The van der Waals surface area contributed by atoms with E-state index in [2.05, 4.69) is 27.1 Å². The number of hydrogen-bond donors (Lipinski definition) is 2. The number of nitrogen functional groups attached to an aromatic ring is 1. The number of amides is 2. The zero-order valence-electron chi connectivity index (χ0n) is 19.5. The Morgan fingerprint density at radius 3 is 2.72 bits per heavy atom. The molecule has 180 valence electrons. The number of hydrogen-bond acceptors (Lipinski definition) is 7. The molecule has 2 amide bonds. The molecule has 4 heterocycles. The fourth-order valence-electron chi connectivity index (χ4n) is 4.17. The summed E-state index contributed by atoms with van der Waals surface area (Å²) in [7, 11) is 0. The van der Waals surface area contributed by atoms with E-state index in [4.69, 9.17) is 15.5 Å². The Balaban J connectivity index is 1.52. The maximum Gasteiger partial charge on any atom is 0.299 e. The van der Waals surface area contributed by atoms with Crippen molar-refractivity contribution in [2.24, 2.45) is 0 Å². The van der Waals surface area contributed by atoms with Crippen LogP contribution < -0.4 is 11.1 Å². The SMILES string of the molecule is CC#CC(=O)N1CCOC[C@H]1c1nc(-c2ccc(C(=O)Nc3ccccn3)cc2)c2c(N)nccn12. The second-order valence-corrected chi connectivity index (χ2v) is 8.06. The predicted octanol–water partition coefficient (Wildman–Crippen LogP) is 2.55. The first-order chi connectivity index (χ1) is 17.6. The molecule has 0 spiro atoms. The van der Waals surface area contributed by atoms with Crippen molar-refractivity contribution in [3.63, 3.8) is 0 Å². The van der Waals surface area contributed by atoms with Crippen LogP contribution >= 0.6 is 0 Å². The molecule has 5 rings (SSSR count). The number of carbonyl (C=O) groups excluding carboxylic acids is 2. The van der Waals surface area contributed by atoms with E-state index in [0.29, 0.717) is 47.4 Å². The van der Waals surface area contributed by atoms with Gasteiger partial charge in [-0.3, -0.25) is 14.0 Å². The van der Waals surface area contributed by atoms with E-state index in [1.165, 1.54) is 0 Å². The highest BCUT2D eigenvalue weighted by Gasteiger charge is 2.32. The number of carbonyl (C=O) groups is 2. The van der Waals surface area contributed by atoms with Gasteiger partial charge in [0.05, 0.1) is 13.2 Å². The summed E-state index contributed by atoms with van der Waals surface area (Å²) in [5, 5.41) is 2.77. The number of rotatable bonds is 4. The van der Waals surface area contributed by atoms with Gasteiger partial charge in [0.2, 0.25) is 0 Å². The van der Waals surface area contributed by atoms with Crippen molar-refractivity contribution in [3.8, 4) is 23.1 Å². The van der Waals surface area contributed by atoms with Crippen molar-refractivity contribution in [2.75, 3.05) is 30.8 Å². The van der Waals surface area contributed by atoms with E-state index < -0.39 is 6.04 Å². The normalized spacial score (nSPS) is 15.2. The molecule has 0 bridgehead atoms. The molecule has 0 saturated carbocycles. The molecule has 0 radical (unpaired) electrons. The van der Waals surface area contributed by atoms with Crippen LogP contribution in [-0.4, -0.2) is 55.8 Å². The Labute approximate surface area is 207 Å². The number of anilines is 2. The maximum absolute atomic E-state index is 12.7. The largest absolute Gasteiger partial charge is 0.382 e. The zero-order chi connectivity index (χ0) is 25.1. The van der Waals surface area contributed by atoms with E-state index in [1.54, 1.807) is 72.9 Å². The van der Waals surface area contributed by atoms with Gasteiger partial charge in [-0.05, 0) is 37.1 Å². The molecule has 1 aliphatic rings. The van der Waals surface area contributed by atoms with Gasteiger partial charge in [0.25, 0.3) is 11.8 Å². The number of imidazole rings is 1. The van der Waals surface area contributed by atoms with Gasteiger partial charge in [-0.15, -0.1) is 0 Å². The first-order valence-electron chi connectivity index (χ1n) is 11.3. The quantitative estimate of drug-likeness (QED) is 0.429. The maximum atomic E-state index is 12.7. The second kappa shape index (κ2) is 9.85. The zero-order valence-corrected chi connectivity index (χ0v) is 19.5. The fourth-order valence-corrected chi connectivity index (χ4v) is 4.17. The lowest BCUT2D eigenvalue weighted by molar-refractivity contribution is -0.134. The summed E-state index contributed by atoms with van der Waals surface area (Å²) >= 11 is 0. The van der Waals surface area contributed by atoms with Crippen LogP contribution in [0.1, 0.15) is 29.1 Å². The number of benzene rings is 1. The number of aromatic nitrogens is 4. The highest BCUT2D eigenvalue weighted by atomic mass is 16.5. The Bertz CT molecular complexity index is 1490. The summed E-state index contributed by atoms with van der Waals surface area (Å²) in [6, 6.07) is 11.9. The number of morpholine rings is 1. The molecule has 1 saturated heterocycles. The first kappa shape index (κ1) is 23.0. The number of pyridine rings is 1. The Kier molecular flexibility index (Phi) is 6.30. The van der Waals surface area contributed by atoms with Crippen LogP contribution in [-0.2, 0) is 9.53 Å². The van der Waals surface area contributed by atoms with Crippen LogP contribution in [0.3, 0.4) is 0 Å². The molecule has 1 aromatic carbocycles. The molecule has 1 atom stereocenters. The summed E-state index contributed by atoms with van der Waals surface area (Å²) < 4.78 is 7.52. The summed E-state index contributed by atoms with van der Waals surface area (Å²) in [6.45, 7) is 2.74. The molecule has 10 heteroatoms. The standard InChI is InChI=1S/C26H23N7O3/c1-2-5-21(34)32-14-15-36-16-19(32)25-31-22(23-24(27)29-12-13-33(23)25)17-7-9-18(10-8-17)26(35)30-20-6-3-4-11-28-20/h3-4,6-13,19H,14-16H2,1H3,(H2,27,29)(H,28,30,35)/t19-/m0/s1. The molecule has 36 heavy (non-hydrogen) atoms. The van der Waals surface area contributed by atoms with E-state index >= 15 is 0 Å². The summed E-state index contributed by atoms with van der Waals surface area (Å²) in [5.74, 6) is 6.08. The van der Waals surface area contributed by atoms with Crippen LogP contribution in [0.25, 0.3) is 16.8 Å². The van der Waals surface area contributed by atoms with E-state index in [9.17, 15) is 9.59 Å². The molecule has 0 aliphatic carbocycles. The van der Waals surface area contributed by atoms with Crippen LogP contribution in [0.2, 0.25) is 0 Å². The minimum Gasteiger partial charge on any atom is -0.382 e. The Morgan fingerprint density at radius 2 is 1.97 bits per heavy atom. The van der Waals surface area contributed by atoms with Gasteiger partial charge < -0.3 is 20.7 Å². The third-order valence-corrected chi connectivity index (χ3v) is 5.86. The minimum absolute atomic E-state index is 0.276. The van der Waals surface area contributed by atoms with Gasteiger partial charge in [0.15, 0.2) is 0 Å². The van der Waals surface area contributed by atoms with Crippen molar-refractivity contribution in [2.45, 2.75) is 13.0 Å². The second-order valence-electron chi connectivity index (χ2n) is 8.06. The molecule has 0 unspecified atom stereocenters. The monoisotopic (exact) mass is 481 g/mol. The van der Waals surface area contributed by atoms with E-state index in [1.807, 2.05) is 4.40 Å². The molecule has 1 fully saturated rings. The lowest BCUT2D eigenvalue weighted by Crippen LogP contribution is -2.43. The van der Waals surface area contributed by atoms with E-state index in [-0.39, 0.29) is 18.4 Å². The van der Waals surface area contributed by atoms with E-state index in [0.717, 1.165) is 5.56 Å². The summed E-state index contributed by atoms with van der Waals surface area (Å²) in [4.78, 5) is 40.2. The van der Waals surface area contributed by atoms with Crippen molar-refractivity contribution in [1.29, 1.82) is 0 Å². The third-order valence-electron chi connectivity index (χ3n) is 5.86. The highest BCUT2D eigenvalue weighted by Crippen LogP contribution is 2.33. The molecule has 10 nitrogen and oxygen atoms in total. The van der Waals surface area contributed by atoms with Crippen molar-refractivity contribution in [1.82, 2.24) is 24.3 Å². The topological polar surface area (TPSA) is 128 Å². The van der Waals surface area contributed by atoms with Crippen molar-refractivity contribution in [3.05, 3.63) is 72.4 Å². The Hall–Kier alpha value is -4.75. The van der Waals surface area contributed by atoms with Crippen LogP contribution in [0.15, 0.2) is 61.1 Å². The smallest absolute Gasteiger partial charge is 0.299 e. The number of nitrogens with two attached hydrogens (primary N) is 1. The average Bonchev–Trinajstić information content (AvgIpc) is 3.30. The van der Waals surface area contributed by atoms with Gasteiger partial charge in [-0.25, -0.2) is 15.0 Å². The fraction of sp³-hybridized carbons (Fsp3) is 0.192. The van der Waals surface area contributed by atoms with Crippen molar-refractivity contribution < 1.29 is 14.3 Å². The van der Waals surface area contributed by atoms with Crippen molar-refractivity contribution >= 4 is 29.0 Å². The highest BCUT2D eigenvalue weighted by molar-refractivity contribution is 6.04. The van der Waals surface area contributed by atoms with Crippen LogP contribution in [0, 0.1) is 11.8 Å². The average molecular weight is 482 g/mol. The van der Waals surface area contributed by atoms with Gasteiger partial charge in [-0.2, -0.15) is 0 Å². The molecule has 3 N–H and O–H groups in total. The minimum atomic E-state index is -0.446. The summed E-state index contributed by atoms with van der Waals surface area (Å²) in [6.07, 6.45) is 4.96. The van der Waals surface area contributed by atoms with Gasteiger partial charge >= 0.3 is 0 Å².